The van der Waals surface area contributed by atoms with Gasteiger partial charge in [0.15, 0.2) is 0 Å². The molecule has 0 aromatic heterocycles. The van der Waals surface area contributed by atoms with Crippen molar-refractivity contribution in [1.82, 2.24) is 0 Å². The molecule has 0 unspecified atom stereocenters. The lowest BCUT2D eigenvalue weighted by atomic mass is 10.0. The Kier molecular flexibility index (Phi) is 18.5. The van der Waals surface area contributed by atoms with Crippen molar-refractivity contribution < 1.29 is 28.5 Å². The van der Waals surface area contributed by atoms with Crippen LogP contribution in [0.25, 0.3) is 0 Å². The van der Waals surface area contributed by atoms with Gasteiger partial charge in [0.05, 0.1) is 25.4 Å². The Morgan fingerprint density at radius 1 is 0.553 bits per heavy atom. The summed E-state index contributed by atoms with van der Waals surface area (Å²) in [4.78, 5) is 23.7. The van der Waals surface area contributed by atoms with Crippen molar-refractivity contribution in [3.8, 4) is 17.2 Å². The maximum atomic E-state index is 12.7. The minimum atomic E-state index is -0.381. The third kappa shape index (κ3) is 16.4. The molecule has 0 radical (unpaired) electrons. The number of ether oxygens (including phenoxy) is 4. The molecule has 3 rings (SSSR count). The fourth-order valence-electron chi connectivity index (χ4n) is 5.20. The van der Waals surface area contributed by atoms with Gasteiger partial charge in [0.25, 0.3) is 0 Å². The Morgan fingerprint density at radius 2 is 0.979 bits per heavy atom. The highest BCUT2D eigenvalue weighted by Gasteiger charge is 2.09. The van der Waals surface area contributed by atoms with Gasteiger partial charge in [0.2, 0.25) is 0 Å². The van der Waals surface area contributed by atoms with Crippen molar-refractivity contribution in [3.63, 3.8) is 0 Å². The summed E-state index contributed by atoms with van der Waals surface area (Å²) in [6, 6.07) is 23.3. The molecule has 0 saturated carbocycles. The van der Waals surface area contributed by atoms with Gasteiger partial charge in [-0.3, -0.25) is 0 Å². The van der Waals surface area contributed by atoms with Crippen LogP contribution in [0.2, 0.25) is 0 Å². The van der Waals surface area contributed by atoms with Crippen molar-refractivity contribution in [2.24, 2.45) is 0 Å². The topological polar surface area (TPSA) is 71.1 Å². The number of rotatable bonds is 25. The number of esters is 2. The lowest BCUT2D eigenvalue weighted by Crippen LogP contribution is -2.08. The lowest BCUT2D eigenvalue weighted by Gasteiger charge is -2.09. The molecule has 3 aromatic rings. The molecule has 0 bridgehead atoms. The number of hydrogen-bond acceptors (Lipinski definition) is 6. The second kappa shape index (κ2) is 23.3. The molecule has 47 heavy (non-hydrogen) atoms. The average molecular weight is 643 g/mol. The van der Waals surface area contributed by atoms with Crippen LogP contribution in [0.5, 0.6) is 17.2 Å². The molecule has 6 nitrogen and oxygen atoms in total. The number of hydrogen-bond donors (Lipinski definition) is 0. The molecule has 3 aromatic carbocycles. The number of unbranched alkanes of at least 4 members (excludes halogenated alkanes) is 11. The van der Waals surface area contributed by atoms with E-state index in [1.807, 2.05) is 36.4 Å². The lowest BCUT2D eigenvalue weighted by molar-refractivity contribution is -0.137. The third-order valence-electron chi connectivity index (χ3n) is 8.08. The van der Waals surface area contributed by atoms with Crippen molar-refractivity contribution in [1.29, 1.82) is 0 Å². The van der Waals surface area contributed by atoms with E-state index in [9.17, 15) is 9.59 Å². The fourth-order valence-corrected chi connectivity index (χ4v) is 5.20. The second-order valence-corrected chi connectivity index (χ2v) is 12.0. The first kappa shape index (κ1) is 37.4. The highest BCUT2D eigenvalue weighted by molar-refractivity contribution is 5.91. The molecule has 0 spiro atoms. The zero-order chi connectivity index (χ0) is 33.4. The largest absolute Gasteiger partial charge is 0.494 e. The van der Waals surface area contributed by atoms with Gasteiger partial charge < -0.3 is 18.9 Å². The summed E-state index contributed by atoms with van der Waals surface area (Å²) in [7, 11) is 0. The molecule has 0 aliphatic rings. The molecular weight excluding hydrogens is 588 g/mol. The maximum Gasteiger partial charge on any atom is 0.343 e. The normalized spacial score (nSPS) is 10.7. The summed E-state index contributed by atoms with van der Waals surface area (Å²) < 4.78 is 22.3. The number of aryl methyl sites for hydroxylation is 2. The van der Waals surface area contributed by atoms with Gasteiger partial charge in [0.1, 0.15) is 17.2 Å². The number of benzene rings is 3. The summed E-state index contributed by atoms with van der Waals surface area (Å²) in [6.45, 7) is 7.54. The van der Waals surface area contributed by atoms with Crippen LogP contribution in [0.15, 0.2) is 85.5 Å². The standard InChI is InChI=1S/C41H54O6/c1-3-5-6-14-31-44-37-25-19-34(20-26-37)17-18-35-21-27-39(28-22-35)47-41(43)36-23-29-38(30-24-36)45-32-15-12-10-8-7-9-11-13-16-33-46-40(42)4-2/h4,19-30H,2-3,5-18,31-33H2,1H3. The predicted octanol–water partition coefficient (Wildman–Crippen LogP) is 10.3. The second-order valence-electron chi connectivity index (χ2n) is 12.0. The van der Waals surface area contributed by atoms with Gasteiger partial charge in [-0.05, 0) is 91.8 Å². The van der Waals surface area contributed by atoms with Crippen LogP contribution in [-0.4, -0.2) is 31.8 Å². The summed E-state index contributed by atoms with van der Waals surface area (Å²) in [5.41, 5.74) is 2.96. The van der Waals surface area contributed by atoms with Crippen molar-refractivity contribution in [2.75, 3.05) is 19.8 Å². The molecule has 254 valence electrons. The molecule has 0 atom stereocenters. The van der Waals surface area contributed by atoms with E-state index in [0.717, 1.165) is 63.1 Å². The zero-order valence-electron chi connectivity index (χ0n) is 28.4. The Hall–Kier alpha value is -4.06. The quantitative estimate of drug-likeness (QED) is 0.0396. The van der Waals surface area contributed by atoms with Crippen LogP contribution in [-0.2, 0) is 22.4 Å². The molecule has 0 fully saturated rings. The highest BCUT2D eigenvalue weighted by Crippen LogP contribution is 2.19. The van der Waals surface area contributed by atoms with Crippen LogP contribution in [0.4, 0.5) is 0 Å². The van der Waals surface area contributed by atoms with E-state index in [4.69, 9.17) is 18.9 Å². The molecule has 6 heteroatoms. The van der Waals surface area contributed by atoms with Crippen LogP contribution >= 0.6 is 0 Å². The number of carbonyl (C=O) groups excluding carboxylic acids is 2. The fraction of sp³-hybridized carbons (Fsp3) is 0.463. The van der Waals surface area contributed by atoms with E-state index in [1.165, 1.54) is 68.6 Å². The minimum Gasteiger partial charge on any atom is -0.494 e. The first-order valence-electron chi connectivity index (χ1n) is 17.6. The average Bonchev–Trinajstić information content (AvgIpc) is 3.10. The van der Waals surface area contributed by atoms with E-state index in [1.54, 1.807) is 12.1 Å². The third-order valence-corrected chi connectivity index (χ3v) is 8.08. The predicted molar refractivity (Wildman–Crippen MR) is 190 cm³/mol. The molecule has 0 aliphatic heterocycles. The van der Waals surface area contributed by atoms with E-state index >= 15 is 0 Å². The van der Waals surface area contributed by atoms with Gasteiger partial charge in [-0.1, -0.05) is 102 Å². The van der Waals surface area contributed by atoms with E-state index in [2.05, 4.69) is 37.8 Å². The molecule has 0 heterocycles. The van der Waals surface area contributed by atoms with Gasteiger partial charge in [-0.25, -0.2) is 9.59 Å². The Labute approximate surface area is 282 Å². The summed E-state index contributed by atoms with van der Waals surface area (Å²) >= 11 is 0. The van der Waals surface area contributed by atoms with Crippen LogP contribution in [0.1, 0.15) is 112 Å². The smallest absolute Gasteiger partial charge is 0.343 e. The van der Waals surface area contributed by atoms with Gasteiger partial charge in [0, 0.05) is 6.08 Å². The van der Waals surface area contributed by atoms with Crippen LogP contribution in [0.3, 0.4) is 0 Å². The minimum absolute atomic E-state index is 0.340. The Morgan fingerprint density at radius 3 is 1.47 bits per heavy atom. The Bertz CT molecular complexity index is 1280. The summed E-state index contributed by atoms with van der Waals surface area (Å²) in [6.07, 6.45) is 18.1. The maximum absolute atomic E-state index is 12.7. The van der Waals surface area contributed by atoms with Gasteiger partial charge in [-0.2, -0.15) is 0 Å². The van der Waals surface area contributed by atoms with Crippen molar-refractivity contribution in [3.05, 3.63) is 102 Å². The monoisotopic (exact) mass is 642 g/mol. The van der Waals surface area contributed by atoms with Gasteiger partial charge in [-0.15, -0.1) is 0 Å². The molecular formula is C41H54O6. The molecule has 0 saturated heterocycles. The van der Waals surface area contributed by atoms with E-state index in [-0.39, 0.29) is 11.9 Å². The summed E-state index contributed by atoms with van der Waals surface area (Å²) in [5, 5.41) is 0. The van der Waals surface area contributed by atoms with E-state index < -0.39 is 0 Å². The van der Waals surface area contributed by atoms with Gasteiger partial charge >= 0.3 is 11.9 Å². The Balaban J connectivity index is 1.24. The SMILES string of the molecule is C=CC(=O)OCCCCCCCCCCCOc1ccc(C(=O)Oc2ccc(CCc3ccc(OCCCCCC)cc3)cc2)cc1. The van der Waals surface area contributed by atoms with Crippen molar-refractivity contribution in [2.45, 2.75) is 103 Å². The summed E-state index contributed by atoms with van der Waals surface area (Å²) in [5.74, 6) is 1.50. The molecule has 0 amide bonds. The van der Waals surface area contributed by atoms with Crippen molar-refractivity contribution >= 4 is 11.9 Å². The number of carbonyl (C=O) groups is 2. The highest BCUT2D eigenvalue weighted by atomic mass is 16.5. The van der Waals surface area contributed by atoms with Crippen LogP contribution in [0, 0.1) is 0 Å². The van der Waals surface area contributed by atoms with E-state index in [0.29, 0.717) is 24.5 Å². The first-order chi connectivity index (χ1) is 23.1. The molecule has 0 aliphatic carbocycles. The van der Waals surface area contributed by atoms with Crippen LogP contribution < -0.4 is 14.2 Å². The molecule has 0 N–H and O–H groups in total. The first-order valence-corrected chi connectivity index (χ1v) is 17.6. The zero-order valence-corrected chi connectivity index (χ0v) is 28.4.